The van der Waals surface area contributed by atoms with Crippen LogP contribution < -0.4 is 4.74 Å². The molecule has 2 aliphatic heterocycles. The Kier molecular flexibility index (Phi) is 3.53. The Balaban J connectivity index is 1.99. The predicted octanol–water partition coefficient (Wildman–Crippen LogP) is 4.21. The average molecular weight is 260 g/mol. The van der Waals surface area contributed by atoms with E-state index in [-0.39, 0.29) is 5.60 Å². The van der Waals surface area contributed by atoms with E-state index in [1.807, 2.05) is 0 Å². The summed E-state index contributed by atoms with van der Waals surface area (Å²) in [5, 5.41) is 0. The molecule has 2 atom stereocenters. The number of methoxy groups -OCH3 is 1. The Morgan fingerprint density at radius 1 is 1.42 bits per heavy atom. The average Bonchev–Trinajstić information content (AvgIpc) is 2.45. The summed E-state index contributed by atoms with van der Waals surface area (Å²) in [6, 6.07) is 6.55. The first-order valence-electron chi connectivity index (χ1n) is 7.62. The Hall–Kier alpha value is -1.02. The summed E-state index contributed by atoms with van der Waals surface area (Å²) in [6.45, 7) is 2.26. The third-order valence-corrected chi connectivity index (χ3v) is 4.68. The highest BCUT2D eigenvalue weighted by molar-refractivity contribution is 5.41. The predicted molar refractivity (Wildman–Crippen MR) is 76.6 cm³/mol. The van der Waals surface area contributed by atoms with Gasteiger partial charge in [0.15, 0.2) is 0 Å². The molecule has 0 aromatic heterocycles. The summed E-state index contributed by atoms with van der Waals surface area (Å²) < 4.78 is 11.8. The number of rotatable bonds is 4. The molecule has 2 nitrogen and oxygen atoms in total. The number of hydrogen-bond acceptors (Lipinski definition) is 2. The van der Waals surface area contributed by atoms with Gasteiger partial charge in [-0.3, -0.25) is 0 Å². The maximum absolute atomic E-state index is 6.47. The van der Waals surface area contributed by atoms with Crippen molar-refractivity contribution in [1.29, 1.82) is 0 Å². The first-order chi connectivity index (χ1) is 9.27. The van der Waals surface area contributed by atoms with Gasteiger partial charge in [-0.2, -0.15) is 0 Å². The van der Waals surface area contributed by atoms with Crippen LogP contribution in [0.3, 0.4) is 0 Å². The highest BCUT2D eigenvalue weighted by atomic mass is 16.5. The summed E-state index contributed by atoms with van der Waals surface area (Å²) in [5.74, 6) is 0.976. The lowest BCUT2D eigenvalue weighted by molar-refractivity contribution is -0.149. The molecule has 0 N–H and O–H groups in total. The van der Waals surface area contributed by atoms with Crippen LogP contribution in [-0.2, 0) is 16.8 Å². The van der Waals surface area contributed by atoms with Gasteiger partial charge in [-0.25, -0.2) is 0 Å². The van der Waals surface area contributed by atoms with Crippen LogP contribution in [0.5, 0.6) is 5.75 Å². The Morgan fingerprint density at radius 2 is 2.32 bits per heavy atom. The molecule has 2 heterocycles. The van der Waals surface area contributed by atoms with E-state index < -0.39 is 0 Å². The minimum Gasteiger partial charge on any atom is -0.497 e. The number of unbranched alkanes of at least 4 members (excludes halogenated alkanes) is 1. The molecule has 0 spiro atoms. The molecular formula is C17H24O2. The van der Waals surface area contributed by atoms with Crippen molar-refractivity contribution in [3.8, 4) is 5.75 Å². The maximum Gasteiger partial charge on any atom is 0.119 e. The van der Waals surface area contributed by atoms with Gasteiger partial charge in [-0.05, 0) is 55.4 Å². The number of ether oxygens (including phenoxy) is 2. The van der Waals surface area contributed by atoms with E-state index in [2.05, 4.69) is 25.1 Å². The molecule has 0 aliphatic carbocycles. The van der Waals surface area contributed by atoms with Gasteiger partial charge in [0.25, 0.3) is 0 Å². The van der Waals surface area contributed by atoms with Gasteiger partial charge >= 0.3 is 0 Å². The molecule has 1 aromatic rings. The van der Waals surface area contributed by atoms with Gasteiger partial charge in [0.05, 0.1) is 18.8 Å². The summed E-state index contributed by atoms with van der Waals surface area (Å²) in [6.07, 6.45) is 8.83. The lowest BCUT2D eigenvalue weighted by Gasteiger charge is -2.47. The minimum absolute atomic E-state index is 0.00121. The molecule has 2 bridgehead atoms. The summed E-state index contributed by atoms with van der Waals surface area (Å²) in [7, 11) is 1.74. The topological polar surface area (TPSA) is 18.5 Å². The van der Waals surface area contributed by atoms with Crippen LogP contribution in [0.2, 0.25) is 0 Å². The van der Waals surface area contributed by atoms with E-state index in [4.69, 9.17) is 9.47 Å². The lowest BCUT2D eigenvalue weighted by Crippen LogP contribution is -2.44. The normalized spacial score (nSPS) is 28.8. The fraction of sp³-hybridized carbons (Fsp3) is 0.647. The van der Waals surface area contributed by atoms with E-state index in [0.717, 1.165) is 12.2 Å². The van der Waals surface area contributed by atoms with E-state index in [1.54, 1.807) is 7.11 Å². The van der Waals surface area contributed by atoms with Gasteiger partial charge in [0.1, 0.15) is 5.75 Å². The number of fused-ring (bicyclic) bond motifs is 4. The van der Waals surface area contributed by atoms with E-state index in [1.165, 1.54) is 49.7 Å². The third-order valence-electron chi connectivity index (χ3n) is 4.68. The van der Waals surface area contributed by atoms with Crippen molar-refractivity contribution in [2.24, 2.45) is 0 Å². The van der Waals surface area contributed by atoms with Gasteiger partial charge in [-0.15, -0.1) is 0 Å². The van der Waals surface area contributed by atoms with Crippen molar-refractivity contribution in [1.82, 2.24) is 0 Å². The zero-order chi connectivity index (χ0) is 13.3. The second-order valence-electron chi connectivity index (χ2n) is 5.96. The summed E-state index contributed by atoms with van der Waals surface area (Å²) >= 11 is 0. The molecule has 0 unspecified atom stereocenters. The maximum atomic E-state index is 6.47. The fourth-order valence-electron chi connectivity index (χ4n) is 3.73. The Bertz CT molecular complexity index is 455. The molecule has 19 heavy (non-hydrogen) atoms. The van der Waals surface area contributed by atoms with Crippen molar-refractivity contribution in [2.45, 2.75) is 63.6 Å². The monoisotopic (exact) mass is 260 g/mol. The third kappa shape index (κ3) is 2.27. The molecule has 1 saturated heterocycles. The van der Waals surface area contributed by atoms with Crippen molar-refractivity contribution in [2.75, 3.05) is 7.11 Å². The number of benzene rings is 1. The molecule has 0 amide bonds. The molecule has 2 aliphatic rings. The van der Waals surface area contributed by atoms with E-state index in [0.29, 0.717) is 6.10 Å². The van der Waals surface area contributed by atoms with Crippen LogP contribution in [0, 0.1) is 0 Å². The van der Waals surface area contributed by atoms with Crippen molar-refractivity contribution < 1.29 is 9.47 Å². The largest absolute Gasteiger partial charge is 0.497 e. The minimum atomic E-state index is -0.00121. The zero-order valence-electron chi connectivity index (χ0n) is 12.1. The Morgan fingerprint density at radius 3 is 3.11 bits per heavy atom. The van der Waals surface area contributed by atoms with Crippen LogP contribution >= 0.6 is 0 Å². The molecular weight excluding hydrogens is 236 g/mol. The van der Waals surface area contributed by atoms with Gasteiger partial charge in [-0.1, -0.05) is 25.8 Å². The standard InChI is InChI=1S/C17H24O2/c1-3-4-9-17-10-5-6-15(19-17)12-13-11-14(18-2)7-8-16(13)17/h7-8,11,15H,3-6,9-10,12H2,1-2H3/t15-,17+/m0/s1. The molecule has 0 radical (unpaired) electrons. The highest BCUT2D eigenvalue weighted by Gasteiger charge is 2.43. The van der Waals surface area contributed by atoms with Crippen LogP contribution in [0.4, 0.5) is 0 Å². The Labute approximate surface area is 116 Å². The van der Waals surface area contributed by atoms with Gasteiger partial charge in [0.2, 0.25) is 0 Å². The highest BCUT2D eigenvalue weighted by Crippen LogP contribution is 2.47. The van der Waals surface area contributed by atoms with Crippen LogP contribution in [0.15, 0.2) is 18.2 Å². The first kappa shape index (κ1) is 13.0. The quantitative estimate of drug-likeness (QED) is 0.807. The number of hydrogen-bond donors (Lipinski definition) is 0. The summed E-state index contributed by atoms with van der Waals surface area (Å²) in [5.41, 5.74) is 2.88. The van der Waals surface area contributed by atoms with Crippen LogP contribution in [0.25, 0.3) is 0 Å². The molecule has 0 saturated carbocycles. The van der Waals surface area contributed by atoms with Crippen molar-refractivity contribution >= 4 is 0 Å². The fourth-order valence-corrected chi connectivity index (χ4v) is 3.73. The van der Waals surface area contributed by atoms with Crippen LogP contribution in [-0.4, -0.2) is 13.2 Å². The van der Waals surface area contributed by atoms with E-state index in [9.17, 15) is 0 Å². The van der Waals surface area contributed by atoms with Crippen molar-refractivity contribution in [3.05, 3.63) is 29.3 Å². The van der Waals surface area contributed by atoms with Gasteiger partial charge in [0, 0.05) is 0 Å². The van der Waals surface area contributed by atoms with E-state index >= 15 is 0 Å². The zero-order valence-corrected chi connectivity index (χ0v) is 12.1. The molecule has 2 heteroatoms. The van der Waals surface area contributed by atoms with Crippen LogP contribution in [0.1, 0.15) is 56.6 Å². The lowest BCUT2D eigenvalue weighted by atomic mass is 9.74. The molecule has 3 rings (SSSR count). The van der Waals surface area contributed by atoms with Crippen molar-refractivity contribution in [3.63, 3.8) is 0 Å². The second kappa shape index (κ2) is 5.16. The van der Waals surface area contributed by atoms with Gasteiger partial charge < -0.3 is 9.47 Å². The second-order valence-corrected chi connectivity index (χ2v) is 5.96. The molecule has 1 aromatic carbocycles. The molecule has 104 valence electrons. The summed E-state index contributed by atoms with van der Waals surface area (Å²) in [4.78, 5) is 0. The smallest absolute Gasteiger partial charge is 0.119 e. The molecule has 1 fully saturated rings. The SMILES string of the molecule is CCCC[C@@]12CCC[C@@H](Cc3cc(OC)ccc31)O2. The first-order valence-corrected chi connectivity index (χ1v) is 7.62.